The van der Waals surface area contributed by atoms with E-state index in [1.165, 1.54) is 18.6 Å². The van der Waals surface area contributed by atoms with E-state index in [-0.39, 0.29) is 22.5 Å². The molecular weight excluding hydrogens is 390 g/mol. The van der Waals surface area contributed by atoms with E-state index in [4.69, 9.17) is 17.3 Å². The smallest absolute Gasteiger partial charge is 0.273 e. The van der Waals surface area contributed by atoms with Gasteiger partial charge in [-0.05, 0) is 36.9 Å². The number of nitrogens with one attached hydrogen (secondary N) is 3. The molecule has 2 aromatic rings. The van der Waals surface area contributed by atoms with Crippen LogP contribution in [0.2, 0.25) is 5.15 Å². The van der Waals surface area contributed by atoms with E-state index in [0.29, 0.717) is 17.3 Å². The van der Waals surface area contributed by atoms with Gasteiger partial charge in [-0.3, -0.25) is 9.59 Å². The Morgan fingerprint density at radius 1 is 1.37 bits per heavy atom. The average Bonchev–Trinajstić information content (AvgIpc) is 3.36. The Labute approximate surface area is 165 Å². The largest absolute Gasteiger partial charge is 0.368 e. The fourth-order valence-corrected chi connectivity index (χ4v) is 3.35. The van der Waals surface area contributed by atoms with E-state index < -0.39 is 17.9 Å². The maximum Gasteiger partial charge on any atom is 0.273 e. The predicted molar refractivity (Wildman–Crippen MR) is 105 cm³/mol. The highest BCUT2D eigenvalue weighted by Crippen LogP contribution is 2.35. The molecular formula is C16H20ClN7O2S. The fourth-order valence-electron chi connectivity index (χ4n) is 2.51. The lowest BCUT2D eigenvalue weighted by Gasteiger charge is -2.18. The molecule has 0 aliphatic heterocycles. The van der Waals surface area contributed by atoms with Gasteiger partial charge < -0.3 is 21.7 Å². The molecule has 1 fully saturated rings. The summed E-state index contributed by atoms with van der Waals surface area (Å²) in [6.07, 6.45) is 2.78. The minimum absolute atomic E-state index is 0.0123. The summed E-state index contributed by atoms with van der Waals surface area (Å²) in [6, 6.07) is 1.22. The number of anilines is 3. The second-order valence-electron chi connectivity index (χ2n) is 6.38. The molecule has 0 spiro atoms. The normalized spacial score (nSPS) is 14.5. The van der Waals surface area contributed by atoms with Crippen LogP contribution in [0.5, 0.6) is 0 Å². The molecule has 9 nitrogen and oxygen atoms in total. The van der Waals surface area contributed by atoms with Crippen LogP contribution in [0.15, 0.2) is 6.07 Å². The van der Waals surface area contributed by atoms with Crippen LogP contribution in [-0.2, 0) is 4.79 Å². The first kappa shape index (κ1) is 19.3. The Hall–Kier alpha value is -2.46. The van der Waals surface area contributed by atoms with Crippen molar-refractivity contribution < 1.29 is 9.59 Å². The molecule has 3 rings (SSSR count). The highest BCUT2D eigenvalue weighted by Gasteiger charge is 2.29. The van der Waals surface area contributed by atoms with Crippen molar-refractivity contribution >= 4 is 51.6 Å². The van der Waals surface area contributed by atoms with Gasteiger partial charge in [0, 0.05) is 7.05 Å². The minimum atomic E-state index is -0.603. The third kappa shape index (κ3) is 4.83. The maximum absolute atomic E-state index is 12.2. The number of halogens is 1. The molecule has 144 valence electrons. The van der Waals surface area contributed by atoms with Crippen LogP contribution in [0.1, 0.15) is 35.4 Å². The van der Waals surface area contributed by atoms with Crippen LogP contribution < -0.4 is 21.7 Å². The molecule has 2 amide bonds. The van der Waals surface area contributed by atoms with Gasteiger partial charge in [-0.2, -0.15) is 4.37 Å². The monoisotopic (exact) mass is 409 g/mol. The zero-order valence-electron chi connectivity index (χ0n) is 14.9. The first-order valence-corrected chi connectivity index (χ1v) is 9.58. The van der Waals surface area contributed by atoms with Crippen LogP contribution in [0, 0.1) is 12.8 Å². The van der Waals surface area contributed by atoms with E-state index in [1.807, 2.05) is 13.0 Å². The summed E-state index contributed by atoms with van der Waals surface area (Å²) in [5.74, 6) is -0.0476. The highest BCUT2D eigenvalue weighted by atomic mass is 35.5. The second kappa shape index (κ2) is 8.05. The minimum Gasteiger partial charge on any atom is -0.368 e. The molecule has 0 aromatic carbocycles. The zero-order valence-corrected chi connectivity index (χ0v) is 16.4. The van der Waals surface area contributed by atoms with Crippen molar-refractivity contribution in [2.75, 3.05) is 17.7 Å². The van der Waals surface area contributed by atoms with E-state index in [1.54, 1.807) is 0 Å². The quantitative estimate of drug-likeness (QED) is 0.524. The number of amides is 2. The van der Waals surface area contributed by atoms with Gasteiger partial charge in [-0.25, -0.2) is 9.97 Å². The predicted octanol–water partition coefficient (Wildman–Crippen LogP) is 2.06. The number of carbonyl (C=O) groups excluding carboxylic acids is 2. The molecule has 27 heavy (non-hydrogen) atoms. The second-order valence-corrected chi connectivity index (χ2v) is 7.54. The number of aryl methyl sites for hydroxylation is 1. The molecule has 1 aliphatic rings. The molecule has 11 heteroatoms. The lowest BCUT2D eigenvalue weighted by Crippen LogP contribution is -2.36. The van der Waals surface area contributed by atoms with Crippen molar-refractivity contribution in [2.24, 2.45) is 11.7 Å². The third-order valence-electron chi connectivity index (χ3n) is 4.09. The van der Waals surface area contributed by atoms with Crippen LogP contribution >= 0.6 is 23.1 Å². The summed E-state index contributed by atoms with van der Waals surface area (Å²) in [5, 5.41) is 9.20. The number of hydrogen-bond acceptors (Lipinski definition) is 8. The van der Waals surface area contributed by atoms with Crippen molar-refractivity contribution in [2.45, 2.75) is 32.2 Å². The first-order chi connectivity index (χ1) is 12.9. The lowest BCUT2D eigenvalue weighted by molar-refractivity contribution is -0.118. The number of nitrogens with zero attached hydrogens (tertiary/aromatic N) is 3. The molecule has 0 radical (unpaired) electrons. The molecule has 1 saturated carbocycles. The highest BCUT2D eigenvalue weighted by molar-refractivity contribution is 7.10. The molecule has 0 saturated heterocycles. The molecule has 1 aliphatic carbocycles. The van der Waals surface area contributed by atoms with Crippen molar-refractivity contribution in [3.63, 3.8) is 0 Å². The Morgan fingerprint density at radius 3 is 2.67 bits per heavy atom. The van der Waals surface area contributed by atoms with E-state index >= 15 is 0 Å². The summed E-state index contributed by atoms with van der Waals surface area (Å²) in [6.45, 7) is 1.86. The van der Waals surface area contributed by atoms with Gasteiger partial charge in [-0.15, -0.1) is 0 Å². The SMILES string of the molecule is CNC(=O)c1nc(Cl)c(N[C@H](CC2CC2)C(N)=O)nc1Nc1cc(C)ns1. The molecule has 1 atom stereocenters. The molecule has 0 bridgehead atoms. The Bertz CT molecular complexity index is 868. The molecule has 2 heterocycles. The Morgan fingerprint density at radius 2 is 2.11 bits per heavy atom. The standard InChI is InChI=1S/C16H20ClN7O2S/c1-7-5-10(27-24-7)21-14-11(16(26)19-2)22-12(17)15(23-14)20-9(13(18)25)6-8-3-4-8/h5,8-9H,3-4,6H2,1-2H3,(H2,18,25)(H,19,26)(H2,20,21,23)/t9-/m1/s1. The maximum atomic E-state index is 12.2. The van der Waals surface area contributed by atoms with Gasteiger partial charge in [0.15, 0.2) is 22.5 Å². The van der Waals surface area contributed by atoms with Crippen LogP contribution in [0.4, 0.5) is 16.6 Å². The summed E-state index contributed by atoms with van der Waals surface area (Å²) >= 11 is 7.43. The number of hydrogen-bond donors (Lipinski definition) is 4. The number of aromatic nitrogens is 3. The summed E-state index contributed by atoms with van der Waals surface area (Å²) in [5.41, 5.74) is 6.37. The van der Waals surface area contributed by atoms with Gasteiger partial charge in [0.2, 0.25) is 5.91 Å². The Balaban J connectivity index is 1.92. The summed E-state index contributed by atoms with van der Waals surface area (Å²) in [7, 11) is 1.49. The van der Waals surface area contributed by atoms with Crippen molar-refractivity contribution in [3.8, 4) is 0 Å². The lowest BCUT2D eigenvalue weighted by atomic mass is 10.1. The molecule has 0 unspecified atom stereocenters. The van der Waals surface area contributed by atoms with Crippen molar-refractivity contribution in [1.29, 1.82) is 0 Å². The van der Waals surface area contributed by atoms with Gasteiger partial charge in [0.25, 0.3) is 5.91 Å². The summed E-state index contributed by atoms with van der Waals surface area (Å²) in [4.78, 5) is 32.5. The molecule has 2 aromatic heterocycles. The fraction of sp³-hybridized carbons (Fsp3) is 0.438. The van der Waals surface area contributed by atoms with Crippen LogP contribution in [0.25, 0.3) is 0 Å². The third-order valence-corrected chi connectivity index (χ3v) is 5.14. The zero-order chi connectivity index (χ0) is 19.6. The number of primary amides is 1. The van der Waals surface area contributed by atoms with E-state index in [9.17, 15) is 9.59 Å². The van der Waals surface area contributed by atoms with Gasteiger partial charge >= 0.3 is 0 Å². The number of rotatable bonds is 8. The van der Waals surface area contributed by atoms with Gasteiger partial charge in [0.1, 0.15) is 11.0 Å². The molecule has 5 N–H and O–H groups in total. The Kier molecular flexibility index (Phi) is 5.76. The van der Waals surface area contributed by atoms with E-state index in [2.05, 4.69) is 30.3 Å². The topological polar surface area (TPSA) is 135 Å². The van der Waals surface area contributed by atoms with Gasteiger partial charge in [0.05, 0.1) is 5.69 Å². The van der Waals surface area contributed by atoms with Crippen LogP contribution in [0.3, 0.4) is 0 Å². The first-order valence-electron chi connectivity index (χ1n) is 8.43. The van der Waals surface area contributed by atoms with Crippen molar-refractivity contribution in [3.05, 3.63) is 22.6 Å². The summed E-state index contributed by atoms with van der Waals surface area (Å²) < 4.78 is 4.19. The van der Waals surface area contributed by atoms with Gasteiger partial charge in [-0.1, -0.05) is 24.4 Å². The average molecular weight is 410 g/mol. The van der Waals surface area contributed by atoms with Crippen molar-refractivity contribution in [1.82, 2.24) is 19.7 Å². The number of nitrogens with two attached hydrogens (primary N) is 1. The van der Waals surface area contributed by atoms with E-state index in [0.717, 1.165) is 18.5 Å². The van der Waals surface area contributed by atoms with Crippen LogP contribution in [-0.4, -0.2) is 39.2 Å². The number of carbonyl (C=O) groups is 2.